The lowest BCUT2D eigenvalue weighted by atomic mass is 9.84. The zero-order valence-corrected chi connectivity index (χ0v) is 17.3. The summed E-state index contributed by atoms with van der Waals surface area (Å²) >= 11 is 0. The molecule has 2 atom stereocenters. The van der Waals surface area contributed by atoms with Crippen molar-refractivity contribution in [2.45, 2.75) is 25.7 Å². The first kappa shape index (κ1) is 21.5. The summed E-state index contributed by atoms with van der Waals surface area (Å²) in [4.78, 5) is 25.9. The third kappa shape index (κ3) is 5.35. The van der Waals surface area contributed by atoms with Crippen LogP contribution in [0.2, 0.25) is 0 Å². The molecule has 2 aromatic carbocycles. The molecule has 0 spiro atoms. The number of rotatable bonds is 9. The van der Waals surface area contributed by atoms with E-state index in [4.69, 9.17) is 9.47 Å². The Morgan fingerprint density at radius 1 is 0.893 bits per heavy atom. The first-order valence-electron chi connectivity index (χ1n) is 9.36. The second kappa shape index (κ2) is 9.93. The summed E-state index contributed by atoms with van der Waals surface area (Å²) in [6, 6.07) is 16.3. The van der Waals surface area contributed by atoms with Crippen molar-refractivity contribution < 1.29 is 19.1 Å². The number of carbonyl (C=O) groups is 2. The Labute approximate surface area is 167 Å². The lowest BCUT2D eigenvalue weighted by molar-refractivity contribution is -0.149. The van der Waals surface area contributed by atoms with E-state index >= 15 is 0 Å². The van der Waals surface area contributed by atoms with Gasteiger partial charge in [0.15, 0.2) is 0 Å². The number of nitrogens with zero attached hydrogens (tertiary/aromatic N) is 1. The van der Waals surface area contributed by atoms with Gasteiger partial charge in [0.25, 0.3) is 0 Å². The van der Waals surface area contributed by atoms with Gasteiger partial charge in [0.1, 0.15) is 17.5 Å². The van der Waals surface area contributed by atoms with Gasteiger partial charge in [0.2, 0.25) is 0 Å². The van der Waals surface area contributed by atoms with Crippen LogP contribution in [0.25, 0.3) is 0 Å². The van der Waals surface area contributed by atoms with Crippen LogP contribution in [0.15, 0.2) is 48.5 Å². The third-order valence-electron chi connectivity index (χ3n) is 5.05. The average molecular weight is 383 g/mol. The van der Waals surface area contributed by atoms with E-state index in [-0.39, 0.29) is 11.7 Å². The van der Waals surface area contributed by atoms with E-state index in [1.165, 1.54) is 14.0 Å². The Kier molecular flexibility index (Phi) is 7.61. The Morgan fingerprint density at radius 3 is 1.86 bits per heavy atom. The van der Waals surface area contributed by atoms with Crippen molar-refractivity contribution in [2.75, 3.05) is 33.2 Å². The number of ether oxygens (including phenoxy) is 2. The highest BCUT2D eigenvalue weighted by Gasteiger charge is 2.26. The van der Waals surface area contributed by atoms with E-state index in [0.29, 0.717) is 12.8 Å². The topological polar surface area (TPSA) is 55.8 Å². The number of Topliss-reactive ketones (excluding diaryl/α,β-unsaturated/α-hetero) is 1. The molecule has 5 nitrogen and oxygen atoms in total. The molecule has 0 aliphatic rings. The predicted octanol–water partition coefficient (Wildman–Crippen LogP) is 4.05. The molecule has 0 aliphatic carbocycles. The van der Waals surface area contributed by atoms with Gasteiger partial charge in [-0.1, -0.05) is 24.3 Å². The van der Waals surface area contributed by atoms with Crippen LogP contribution in [0, 0.1) is 5.92 Å². The van der Waals surface area contributed by atoms with Crippen molar-refractivity contribution in [1.82, 2.24) is 0 Å². The van der Waals surface area contributed by atoms with Gasteiger partial charge in [0, 0.05) is 25.7 Å². The van der Waals surface area contributed by atoms with Crippen LogP contribution in [0.4, 0.5) is 5.69 Å². The minimum Gasteiger partial charge on any atom is -0.497 e. The van der Waals surface area contributed by atoms with Crippen molar-refractivity contribution in [2.24, 2.45) is 5.92 Å². The molecule has 0 heterocycles. The molecule has 2 rings (SSSR count). The van der Waals surface area contributed by atoms with Crippen molar-refractivity contribution in [3.8, 4) is 5.75 Å². The number of hydrogen-bond donors (Lipinski definition) is 0. The highest BCUT2D eigenvalue weighted by Crippen LogP contribution is 2.33. The Morgan fingerprint density at radius 2 is 1.43 bits per heavy atom. The van der Waals surface area contributed by atoms with E-state index in [9.17, 15) is 9.59 Å². The molecule has 150 valence electrons. The number of anilines is 1. The summed E-state index contributed by atoms with van der Waals surface area (Å²) in [5, 5.41) is 0. The fourth-order valence-electron chi connectivity index (χ4n) is 3.33. The number of ketones is 1. The number of hydrogen-bond acceptors (Lipinski definition) is 5. The summed E-state index contributed by atoms with van der Waals surface area (Å²) < 4.78 is 10.1. The molecular formula is C23H29NO4. The SMILES string of the molecule is COC(=O)C(CCC(c1ccc(OC)cc1)c1ccc(N(C)C)cc1)C(C)=O. The minimum atomic E-state index is -0.730. The summed E-state index contributed by atoms with van der Waals surface area (Å²) in [5.74, 6) is -0.505. The normalized spacial score (nSPS) is 12.8. The molecule has 0 radical (unpaired) electrons. The molecule has 2 aromatic rings. The Hall–Kier alpha value is -2.82. The van der Waals surface area contributed by atoms with E-state index < -0.39 is 11.9 Å². The number of methoxy groups -OCH3 is 2. The van der Waals surface area contributed by atoms with Crippen LogP contribution in [-0.4, -0.2) is 40.1 Å². The monoisotopic (exact) mass is 383 g/mol. The predicted molar refractivity (Wildman–Crippen MR) is 111 cm³/mol. The quantitative estimate of drug-likeness (QED) is 0.483. The summed E-state index contributed by atoms with van der Waals surface area (Å²) in [7, 11) is 6.97. The fourth-order valence-corrected chi connectivity index (χ4v) is 3.33. The molecule has 0 N–H and O–H groups in total. The first-order chi connectivity index (χ1) is 13.4. The molecule has 5 heteroatoms. The van der Waals surface area contributed by atoms with Crippen LogP contribution in [0.1, 0.15) is 36.8 Å². The van der Waals surface area contributed by atoms with Crippen molar-refractivity contribution >= 4 is 17.4 Å². The van der Waals surface area contributed by atoms with Gasteiger partial charge in [-0.2, -0.15) is 0 Å². The van der Waals surface area contributed by atoms with Gasteiger partial charge in [0.05, 0.1) is 14.2 Å². The van der Waals surface area contributed by atoms with Crippen molar-refractivity contribution in [3.63, 3.8) is 0 Å². The lowest BCUT2D eigenvalue weighted by Crippen LogP contribution is -2.24. The standard InChI is InChI=1S/C23H29NO4/c1-16(25)21(23(26)28-5)14-15-22(18-8-12-20(27-4)13-9-18)17-6-10-19(11-7-17)24(2)3/h6-13,21-22H,14-15H2,1-5H3. The second-order valence-corrected chi connectivity index (χ2v) is 7.08. The maximum absolute atomic E-state index is 12.0. The van der Waals surface area contributed by atoms with E-state index in [1.807, 2.05) is 38.4 Å². The summed E-state index contributed by atoms with van der Waals surface area (Å²) in [5.41, 5.74) is 3.38. The Bertz CT molecular complexity index is 781. The van der Waals surface area contributed by atoms with Crippen molar-refractivity contribution in [3.05, 3.63) is 59.7 Å². The van der Waals surface area contributed by atoms with Crippen LogP contribution >= 0.6 is 0 Å². The average Bonchev–Trinajstić information content (AvgIpc) is 2.70. The number of esters is 1. The summed E-state index contributed by atoms with van der Waals surface area (Å²) in [6.07, 6.45) is 1.10. The van der Waals surface area contributed by atoms with Crippen LogP contribution in [-0.2, 0) is 14.3 Å². The van der Waals surface area contributed by atoms with Gasteiger partial charge in [-0.3, -0.25) is 9.59 Å². The second-order valence-electron chi connectivity index (χ2n) is 7.08. The van der Waals surface area contributed by atoms with E-state index in [1.54, 1.807) is 7.11 Å². The van der Waals surface area contributed by atoms with Gasteiger partial charge < -0.3 is 14.4 Å². The number of carbonyl (C=O) groups excluding carboxylic acids is 2. The molecule has 0 aromatic heterocycles. The van der Waals surface area contributed by atoms with Gasteiger partial charge in [-0.15, -0.1) is 0 Å². The largest absolute Gasteiger partial charge is 0.497 e. The van der Waals surface area contributed by atoms with Gasteiger partial charge >= 0.3 is 5.97 Å². The zero-order chi connectivity index (χ0) is 20.7. The van der Waals surface area contributed by atoms with Crippen LogP contribution < -0.4 is 9.64 Å². The Balaban J connectivity index is 2.32. The molecule has 0 bridgehead atoms. The first-order valence-corrected chi connectivity index (χ1v) is 9.36. The van der Waals surface area contributed by atoms with Crippen LogP contribution in [0.5, 0.6) is 5.75 Å². The molecule has 0 saturated heterocycles. The van der Waals surface area contributed by atoms with E-state index in [2.05, 4.69) is 29.2 Å². The van der Waals surface area contributed by atoms with E-state index in [0.717, 1.165) is 22.6 Å². The lowest BCUT2D eigenvalue weighted by Gasteiger charge is -2.21. The molecular weight excluding hydrogens is 354 g/mol. The molecule has 0 fully saturated rings. The highest BCUT2D eigenvalue weighted by atomic mass is 16.5. The maximum atomic E-state index is 12.0. The summed E-state index contributed by atoms with van der Waals surface area (Å²) in [6.45, 7) is 1.44. The van der Waals surface area contributed by atoms with Gasteiger partial charge in [-0.25, -0.2) is 0 Å². The smallest absolute Gasteiger partial charge is 0.316 e. The van der Waals surface area contributed by atoms with Crippen molar-refractivity contribution in [1.29, 1.82) is 0 Å². The molecule has 2 unspecified atom stereocenters. The van der Waals surface area contributed by atoms with Crippen LogP contribution in [0.3, 0.4) is 0 Å². The third-order valence-corrected chi connectivity index (χ3v) is 5.05. The number of benzene rings is 2. The fraction of sp³-hybridized carbons (Fsp3) is 0.391. The zero-order valence-electron chi connectivity index (χ0n) is 17.3. The molecule has 28 heavy (non-hydrogen) atoms. The minimum absolute atomic E-state index is 0.0635. The maximum Gasteiger partial charge on any atom is 0.316 e. The molecule has 0 saturated carbocycles. The van der Waals surface area contributed by atoms with Gasteiger partial charge in [-0.05, 0) is 55.2 Å². The molecule has 0 amide bonds. The molecule has 0 aliphatic heterocycles. The highest BCUT2D eigenvalue weighted by molar-refractivity contribution is 5.97.